The maximum Gasteiger partial charge on any atom is 0.138 e. The van der Waals surface area contributed by atoms with Gasteiger partial charge in [-0.25, -0.2) is 0 Å². The Labute approximate surface area is 124 Å². The van der Waals surface area contributed by atoms with E-state index in [2.05, 4.69) is 29.2 Å². The molecule has 2 aromatic carbocycles. The van der Waals surface area contributed by atoms with Crippen molar-refractivity contribution in [1.82, 2.24) is 4.90 Å². The first kappa shape index (κ1) is 13.5. The Hall–Kier alpha value is -1.51. The molecule has 1 aliphatic heterocycles. The molecule has 0 radical (unpaired) electrons. The smallest absolute Gasteiger partial charge is 0.138 e. The fourth-order valence-corrected chi connectivity index (χ4v) is 3.17. The van der Waals surface area contributed by atoms with E-state index in [0.29, 0.717) is 11.1 Å². The van der Waals surface area contributed by atoms with Gasteiger partial charge in [0.05, 0.1) is 5.02 Å². The van der Waals surface area contributed by atoms with E-state index >= 15 is 0 Å². The van der Waals surface area contributed by atoms with Crippen molar-refractivity contribution in [2.75, 3.05) is 6.54 Å². The molecule has 2 nitrogen and oxygen atoms in total. The topological polar surface area (TPSA) is 23.5 Å². The van der Waals surface area contributed by atoms with Crippen LogP contribution in [0.25, 0.3) is 0 Å². The van der Waals surface area contributed by atoms with Crippen LogP contribution >= 0.6 is 11.6 Å². The lowest BCUT2D eigenvalue weighted by atomic mass is 10.0. The third-order valence-corrected chi connectivity index (χ3v) is 4.30. The fraction of sp³-hybridized carbons (Fsp3) is 0.294. The monoisotopic (exact) mass is 287 g/mol. The van der Waals surface area contributed by atoms with E-state index in [1.807, 2.05) is 18.2 Å². The van der Waals surface area contributed by atoms with Crippen molar-refractivity contribution >= 4 is 11.6 Å². The molecule has 104 valence electrons. The fourth-order valence-electron chi connectivity index (χ4n) is 2.97. The minimum absolute atomic E-state index is 0.216. The predicted octanol–water partition coefficient (Wildman–Crippen LogP) is 4.38. The Morgan fingerprint density at radius 1 is 1.10 bits per heavy atom. The molecule has 0 amide bonds. The summed E-state index contributed by atoms with van der Waals surface area (Å²) in [5.74, 6) is 0.216. The molecule has 0 saturated carbocycles. The zero-order valence-corrected chi connectivity index (χ0v) is 12.1. The number of halogens is 1. The molecule has 3 heteroatoms. The van der Waals surface area contributed by atoms with E-state index in [0.717, 1.165) is 18.7 Å². The molecular weight excluding hydrogens is 270 g/mol. The van der Waals surface area contributed by atoms with E-state index in [1.54, 1.807) is 6.07 Å². The highest BCUT2D eigenvalue weighted by atomic mass is 35.5. The Balaban J connectivity index is 1.81. The minimum atomic E-state index is 0.216. The molecule has 1 heterocycles. The highest BCUT2D eigenvalue weighted by Crippen LogP contribution is 2.35. The Bertz CT molecular complexity index is 585. The number of hydrogen-bond donors (Lipinski definition) is 1. The third kappa shape index (κ3) is 2.67. The predicted molar refractivity (Wildman–Crippen MR) is 81.9 cm³/mol. The van der Waals surface area contributed by atoms with Gasteiger partial charge in [0.15, 0.2) is 0 Å². The largest absolute Gasteiger partial charge is 0.506 e. The van der Waals surface area contributed by atoms with Crippen LogP contribution in [0.2, 0.25) is 5.02 Å². The number of likely N-dealkylation sites (tertiary alicyclic amines) is 1. The maximum atomic E-state index is 10.1. The van der Waals surface area contributed by atoms with Crippen LogP contribution in [0.3, 0.4) is 0 Å². The molecule has 1 saturated heterocycles. The summed E-state index contributed by atoms with van der Waals surface area (Å²) in [6.07, 6.45) is 2.37. The van der Waals surface area contributed by atoms with Crippen LogP contribution in [0.5, 0.6) is 5.75 Å². The summed E-state index contributed by atoms with van der Waals surface area (Å²) in [7, 11) is 0. The molecule has 1 aliphatic rings. The maximum absolute atomic E-state index is 10.1. The Morgan fingerprint density at radius 2 is 1.90 bits per heavy atom. The zero-order valence-electron chi connectivity index (χ0n) is 11.3. The van der Waals surface area contributed by atoms with E-state index in [1.165, 1.54) is 18.4 Å². The molecule has 0 bridgehead atoms. The second-order valence-corrected chi connectivity index (χ2v) is 5.69. The summed E-state index contributed by atoms with van der Waals surface area (Å²) in [6.45, 7) is 1.80. The van der Waals surface area contributed by atoms with Gasteiger partial charge in [0.2, 0.25) is 0 Å². The molecule has 0 aliphatic carbocycles. The summed E-state index contributed by atoms with van der Waals surface area (Å²) in [5.41, 5.74) is 2.26. The quantitative estimate of drug-likeness (QED) is 0.905. The molecule has 2 aromatic rings. The normalized spacial score (nSPS) is 19.4. The average molecular weight is 288 g/mol. The Kier molecular flexibility index (Phi) is 3.95. The van der Waals surface area contributed by atoms with Crippen LogP contribution in [0.4, 0.5) is 0 Å². The second kappa shape index (κ2) is 5.86. The number of phenols is 1. The van der Waals surface area contributed by atoms with Gasteiger partial charge in [0.25, 0.3) is 0 Å². The van der Waals surface area contributed by atoms with Crippen molar-refractivity contribution in [3.63, 3.8) is 0 Å². The van der Waals surface area contributed by atoms with Crippen molar-refractivity contribution in [3.05, 3.63) is 64.7 Å². The highest BCUT2D eigenvalue weighted by Gasteiger charge is 2.26. The van der Waals surface area contributed by atoms with E-state index in [9.17, 15) is 5.11 Å². The summed E-state index contributed by atoms with van der Waals surface area (Å²) in [5, 5.41) is 10.5. The molecule has 1 atom stereocenters. The summed E-state index contributed by atoms with van der Waals surface area (Å²) in [4.78, 5) is 2.42. The van der Waals surface area contributed by atoms with Gasteiger partial charge in [-0.05, 0) is 31.0 Å². The van der Waals surface area contributed by atoms with Gasteiger partial charge >= 0.3 is 0 Å². The van der Waals surface area contributed by atoms with Crippen molar-refractivity contribution in [3.8, 4) is 5.75 Å². The van der Waals surface area contributed by atoms with Crippen LogP contribution in [0.15, 0.2) is 48.5 Å². The van der Waals surface area contributed by atoms with Crippen molar-refractivity contribution < 1.29 is 5.11 Å². The molecule has 0 spiro atoms. The lowest BCUT2D eigenvalue weighted by molar-refractivity contribution is 0.245. The van der Waals surface area contributed by atoms with Gasteiger partial charge in [-0.2, -0.15) is 0 Å². The lowest BCUT2D eigenvalue weighted by Crippen LogP contribution is -2.22. The van der Waals surface area contributed by atoms with Crippen LogP contribution in [0, 0.1) is 0 Å². The van der Waals surface area contributed by atoms with Gasteiger partial charge in [-0.15, -0.1) is 0 Å². The number of para-hydroxylation sites is 1. The van der Waals surface area contributed by atoms with Gasteiger partial charge in [0, 0.05) is 18.2 Å². The zero-order chi connectivity index (χ0) is 13.9. The number of aromatic hydroxyl groups is 1. The molecule has 3 rings (SSSR count). The molecule has 20 heavy (non-hydrogen) atoms. The van der Waals surface area contributed by atoms with Gasteiger partial charge in [0.1, 0.15) is 5.75 Å². The van der Waals surface area contributed by atoms with Gasteiger partial charge < -0.3 is 5.11 Å². The number of phenolic OH excluding ortho intramolecular Hbond substituents is 1. The summed E-state index contributed by atoms with van der Waals surface area (Å²) >= 11 is 5.98. The molecule has 0 aromatic heterocycles. The van der Waals surface area contributed by atoms with Crippen molar-refractivity contribution in [2.24, 2.45) is 0 Å². The lowest BCUT2D eigenvalue weighted by Gasteiger charge is -2.25. The van der Waals surface area contributed by atoms with Gasteiger partial charge in [-0.1, -0.05) is 54.1 Å². The molecular formula is C17H18ClNO. The molecule has 1 N–H and O–H groups in total. The van der Waals surface area contributed by atoms with E-state index in [4.69, 9.17) is 11.6 Å². The second-order valence-electron chi connectivity index (χ2n) is 5.29. The summed E-state index contributed by atoms with van der Waals surface area (Å²) < 4.78 is 0. The van der Waals surface area contributed by atoms with Crippen LogP contribution in [0.1, 0.15) is 30.0 Å². The minimum Gasteiger partial charge on any atom is -0.506 e. The first-order chi connectivity index (χ1) is 9.75. The van der Waals surface area contributed by atoms with Crippen molar-refractivity contribution in [1.29, 1.82) is 0 Å². The first-order valence-electron chi connectivity index (χ1n) is 7.01. The van der Waals surface area contributed by atoms with Crippen LogP contribution in [-0.4, -0.2) is 16.6 Å². The van der Waals surface area contributed by atoms with Crippen LogP contribution in [-0.2, 0) is 6.54 Å². The van der Waals surface area contributed by atoms with Crippen LogP contribution < -0.4 is 0 Å². The molecule has 1 fully saturated rings. The average Bonchev–Trinajstić information content (AvgIpc) is 2.93. The highest BCUT2D eigenvalue weighted by molar-refractivity contribution is 6.32. The number of nitrogens with zero attached hydrogens (tertiary/aromatic N) is 1. The van der Waals surface area contributed by atoms with Gasteiger partial charge in [-0.3, -0.25) is 4.90 Å². The Morgan fingerprint density at radius 3 is 2.70 bits per heavy atom. The standard InChI is InChI=1S/C17H18ClNO/c18-15-9-4-8-14(17(15)20)12-19-11-5-10-16(19)13-6-2-1-3-7-13/h1-4,6-9,16,20H,5,10-12H2. The molecule has 1 unspecified atom stereocenters. The van der Waals surface area contributed by atoms with E-state index in [-0.39, 0.29) is 5.75 Å². The summed E-state index contributed by atoms with van der Waals surface area (Å²) in [6, 6.07) is 16.6. The number of benzene rings is 2. The SMILES string of the molecule is Oc1c(Cl)cccc1CN1CCCC1c1ccccc1. The van der Waals surface area contributed by atoms with Crippen molar-refractivity contribution in [2.45, 2.75) is 25.4 Å². The third-order valence-electron chi connectivity index (χ3n) is 3.99. The number of hydrogen-bond acceptors (Lipinski definition) is 2. The first-order valence-corrected chi connectivity index (χ1v) is 7.39. The van der Waals surface area contributed by atoms with E-state index < -0.39 is 0 Å². The number of rotatable bonds is 3.